The van der Waals surface area contributed by atoms with Crippen molar-refractivity contribution < 1.29 is 36.6 Å². The average molecular weight is 271 g/mol. The molecule has 0 atom stereocenters. The number of ether oxygens (including phenoxy) is 1. The lowest BCUT2D eigenvalue weighted by atomic mass is 10.1. The highest BCUT2D eigenvalue weighted by Gasteiger charge is 2.34. The third-order valence-corrected chi connectivity index (χ3v) is 1.76. The topological polar surface area (TPSA) is 59.4 Å². The van der Waals surface area contributed by atoms with E-state index in [0.29, 0.717) is 6.07 Å². The van der Waals surface area contributed by atoms with Crippen molar-refractivity contribution in [2.24, 2.45) is 0 Å². The summed E-state index contributed by atoms with van der Waals surface area (Å²) in [6, 6.07) is 0.707. The summed E-state index contributed by atoms with van der Waals surface area (Å²) in [4.78, 5) is 13.3. The summed E-state index contributed by atoms with van der Waals surface area (Å²) in [5.41, 5.74) is -1.15. The standard InChI is InChI=1S/C9H6F5NO3/c10-3-5-1-4(2-6(16)17)7(8(11)15-5)18-9(12,13)14/h1H,2-3H2,(H,16,17). The fourth-order valence-electron chi connectivity index (χ4n) is 1.19. The Kier molecular flexibility index (Phi) is 4.04. The van der Waals surface area contributed by atoms with Gasteiger partial charge in [0, 0.05) is 5.56 Å². The minimum absolute atomic E-state index is 0.515. The molecule has 1 rings (SSSR count). The van der Waals surface area contributed by atoms with Gasteiger partial charge in [0.1, 0.15) is 6.67 Å². The zero-order valence-electron chi connectivity index (χ0n) is 8.59. The van der Waals surface area contributed by atoms with Crippen LogP contribution < -0.4 is 4.74 Å². The van der Waals surface area contributed by atoms with Crippen LogP contribution in [-0.4, -0.2) is 22.4 Å². The van der Waals surface area contributed by atoms with E-state index in [0.717, 1.165) is 0 Å². The Hall–Kier alpha value is -1.93. The van der Waals surface area contributed by atoms with Gasteiger partial charge in [0.2, 0.25) is 0 Å². The number of hydrogen-bond donors (Lipinski definition) is 1. The van der Waals surface area contributed by atoms with Crippen LogP contribution >= 0.6 is 0 Å². The second kappa shape index (κ2) is 5.15. The van der Waals surface area contributed by atoms with Gasteiger partial charge in [0.05, 0.1) is 12.1 Å². The Labute approximate surface area is 97.0 Å². The van der Waals surface area contributed by atoms with Crippen LogP contribution in [0.1, 0.15) is 11.3 Å². The van der Waals surface area contributed by atoms with Crippen molar-refractivity contribution in [3.8, 4) is 5.75 Å². The summed E-state index contributed by atoms with van der Waals surface area (Å²) in [6.45, 7) is -1.24. The minimum atomic E-state index is -5.20. The molecule has 1 aromatic heterocycles. The molecule has 0 saturated carbocycles. The van der Waals surface area contributed by atoms with Crippen molar-refractivity contribution in [2.75, 3.05) is 0 Å². The van der Waals surface area contributed by atoms with Gasteiger partial charge in [-0.2, -0.15) is 4.39 Å². The maximum Gasteiger partial charge on any atom is 0.573 e. The summed E-state index contributed by atoms with van der Waals surface area (Å²) in [5.74, 6) is -4.58. The Bertz CT molecular complexity index is 460. The van der Waals surface area contributed by atoms with Gasteiger partial charge in [0.15, 0.2) is 5.75 Å². The molecule has 0 aliphatic heterocycles. The van der Waals surface area contributed by atoms with Gasteiger partial charge < -0.3 is 9.84 Å². The molecule has 0 unspecified atom stereocenters. The molecule has 0 spiro atoms. The second-order valence-electron chi connectivity index (χ2n) is 3.14. The number of carboxylic acids is 1. The molecule has 0 aliphatic rings. The van der Waals surface area contributed by atoms with Gasteiger partial charge in [-0.15, -0.1) is 13.2 Å². The molecule has 100 valence electrons. The predicted molar refractivity (Wildman–Crippen MR) is 47.0 cm³/mol. The van der Waals surface area contributed by atoms with E-state index in [4.69, 9.17) is 5.11 Å². The third kappa shape index (κ3) is 3.82. The van der Waals surface area contributed by atoms with Crippen LogP contribution in [0.5, 0.6) is 5.75 Å². The lowest BCUT2D eigenvalue weighted by molar-refractivity contribution is -0.276. The zero-order chi connectivity index (χ0) is 13.9. The van der Waals surface area contributed by atoms with Gasteiger partial charge in [-0.3, -0.25) is 4.79 Å². The summed E-state index contributed by atoms with van der Waals surface area (Å²) in [7, 11) is 0. The Morgan fingerprint density at radius 1 is 1.44 bits per heavy atom. The molecular formula is C9H6F5NO3. The maximum atomic E-state index is 13.2. The Balaban J connectivity index is 3.24. The number of halogens is 5. The highest BCUT2D eigenvalue weighted by atomic mass is 19.4. The molecular weight excluding hydrogens is 265 g/mol. The molecule has 0 aromatic carbocycles. The highest BCUT2D eigenvalue weighted by molar-refractivity contribution is 5.71. The summed E-state index contributed by atoms with van der Waals surface area (Å²) in [6.07, 6.45) is -6.15. The SMILES string of the molecule is O=C(O)Cc1cc(CF)nc(F)c1OC(F)(F)F. The lowest BCUT2D eigenvalue weighted by Crippen LogP contribution is -2.20. The van der Waals surface area contributed by atoms with Crippen LogP contribution in [0.15, 0.2) is 6.07 Å². The fourth-order valence-corrected chi connectivity index (χ4v) is 1.19. The van der Waals surface area contributed by atoms with E-state index in [1.807, 2.05) is 0 Å². The number of rotatable bonds is 4. The number of alkyl halides is 4. The average Bonchev–Trinajstić information content (AvgIpc) is 2.20. The first-order valence-electron chi connectivity index (χ1n) is 4.44. The molecule has 1 aromatic rings. The predicted octanol–water partition coefficient (Wildman–Crippen LogP) is 2.22. The molecule has 0 amide bonds. The maximum absolute atomic E-state index is 13.2. The van der Waals surface area contributed by atoms with Crippen LogP contribution in [-0.2, 0) is 17.9 Å². The van der Waals surface area contributed by atoms with E-state index < -0.39 is 48.4 Å². The highest BCUT2D eigenvalue weighted by Crippen LogP contribution is 2.29. The van der Waals surface area contributed by atoms with Gasteiger partial charge in [-0.25, -0.2) is 9.37 Å². The van der Waals surface area contributed by atoms with Crippen molar-refractivity contribution in [1.29, 1.82) is 0 Å². The molecule has 0 radical (unpaired) electrons. The number of aromatic nitrogens is 1. The molecule has 18 heavy (non-hydrogen) atoms. The van der Waals surface area contributed by atoms with Gasteiger partial charge in [0.25, 0.3) is 5.95 Å². The van der Waals surface area contributed by atoms with Crippen LogP contribution in [0.4, 0.5) is 22.0 Å². The zero-order valence-corrected chi connectivity index (χ0v) is 8.59. The van der Waals surface area contributed by atoms with E-state index in [-0.39, 0.29) is 0 Å². The second-order valence-corrected chi connectivity index (χ2v) is 3.14. The monoisotopic (exact) mass is 271 g/mol. The molecule has 4 nitrogen and oxygen atoms in total. The van der Waals surface area contributed by atoms with Crippen LogP contribution in [0.25, 0.3) is 0 Å². The molecule has 1 N–H and O–H groups in total. The first-order valence-corrected chi connectivity index (χ1v) is 4.44. The molecule has 9 heteroatoms. The molecule has 0 aliphatic carbocycles. The van der Waals surface area contributed by atoms with E-state index in [9.17, 15) is 26.7 Å². The summed E-state index contributed by atoms with van der Waals surface area (Å²) >= 11 is 0. The van der Waals surface area contributed by atoms with E-state index in [1.165, 1.54) is 0 Å². The Morgan fingerprint density at radius 3 is 2.50 bits per heavy atom. The lowest BCUT2D eigenvalue weighted by Gasteiger charge is -2.13. The molecule has 0 fully saturated rings. The number of aliphatic carboxylic acids is 1. The number of pyridine rings is 1. The van der Waals surface area contributed by atoms with Gasteiger partial charge in [-0.1, -0.05) is 0 Å². The van der Waals surface area contributed by atoms with E-state index in [2.05, 4.69) is 9.72 Å². The van der Waals surface area contributed by atoms with Crippen molar-refractivity contribution in [2.45, 2.75) is 19.5 Å². The first-order chi connectivity index (χ1) is 8.23. The van der Waals surface area contributed by atoms with E-state index in [1.54, 1.807) is 0 Å². The molecule has 0 bridgehead atoms. The Morgan fingerprint density at radius 2 is 2.06 bits per heavy atom. The number of hydrogen-bond acceptors (Lipinski definition) is 3. The number of nitrogens with zero attached hydrogens (tertiary/aromatic N) is 1. The fraction of sp³-hybridized carbons (Fsp3) is 0.333. The van der Waals surface area contributed by atoms with Gasteiger partial charge in [-0.05, 0) is 6.07 Å². The quantitative estimate of drug-likeness (QED) is 0.673. The summed E-state index contributed by atoms with van der Waals surface area (Å²) < 4.78 is 64.7. The van der Waals surface area contributed by atoms with E-state index >= 15 is 0 Å². The van der Waals surface area contributed by atoms with Gasteiger partial charge >= 0.3 is 12.3 Å². The first kappa shape index (κ1) is 14.1. The van der Waals surface area contributed by atoms with Crippen molar-refractivity contribution in [3.05, 3.63) is 23.3 Å². The van der Waals surface area contributed by atoms with Crippen LogP contribution in [0, 0.1) is 5.95 Å². The van der Waals surface area contributed by atoms with Crippen LogP contribution in [0.3, 0.4) is 0 Å². The minimum Gasteiger partial charge on any atom is -0.481 e. The molecule has 0 saturated heterocycles. The number of carboxylic acid groups (broad SMARTS) is 1. The summed E-state index contributed by atoms with van der Waals surface area (Å²) in [5, 5.41) is 8.47. The smallest absolute Gasteiger partial charge is 0.481 e. The largest absolute Gasteiger partial charge is 0.573 e. The van der Waals surface area contributed by atoms with Crippen LogP contribution in [0.2, 0.25) is 0 Å². The third-order valence-electron chi connectivity index (χ3n) is 1.76. The van der Waals surface area contributed by atoms with Crippen molar-refractivity contribution in [3.63, 3.8) is 0 Å². The van der Waals surface area contributed by atoms with Crippen molar-refractivity contribution >= 4 is 5.97 Å². The normalized spacial score (nSPS) is 11.4. The number of carbonyl (C=O) groups is 1. The van der Waals surface area contributed by atoms with Crippen molar-refractivity contribution in [1.82, 2.24) is 4.98 Å². The molecule has 1 heterocycles.